The molecule has 1 N–H and O–H groups in total. The average Bonchev–Trinajstić information content (AvgIpc) is 3.43. The zero-order valence-corrected chi connectivity index (χ0v) is 22.3. The predicted octanol–water partition coefficient (Wildman–Crippen LogP) is 7.82. The van der Waals surface area contributed by atoms with Crippen molar-refractivity contribution in [1.82, 2.24) is 9.55 Å². The van der Waals surface area contributed by atoms with Gasteiger partial charge in [-0.25, -0.2) is 9.78 Å². The van der Waals surface area contributed by atoms with Crippen molar-refractivity contribution in [2.75, 3.05) is 10.6 Å². The van der Waals surface area contributed by atoms with E-state index in [-0.39, 0.29) is 0 Å². The summed E-state index contributed by atoms with van der Waals surface area (Å²) in [5, 5.41) is 3.92. The molecule has 0 aliphatic rings. The number of amides is 1. The number of nitrogens with one attached hydrogen (secondary N) is 1. The first kappa shape index (κ1) is 25.8. The molecule has 186 valence electrons. The molecule has 4 aromatic rings. The van der Waals surface area contributed by atoms with Crippen LogP contribution in [0.4, 0.5) is 10.5 Å². The quantitative estimate of drug-likeness (QED) is 0.209. The van der Waals surface area contributed by atoms with Gasteiger partial charge in [0.1, 0.15) is 5.75 Å². The van der Waals surface area contributed by atoms with Gasteiger partial charge in [0.25, 0.3) is 0 Å². The third kappa shape index (κ3) is 6.47. The van der Waals surface area contributed by atoms with Crippen LogP contribution in [0.2, 0.25) is 5.02 Å². The smallest absolute Gasteiger partial charge is 0.412 e. The molecular formula is C28H27BrClN3O3. The Balaban J connectivity index is 1.59. The van der Waals surface area contributed by atoms with E-state index in [4.69, 9.17) is 21.1 Å². The molecule has 4 rings (SSSR count). The molecule has 0 saturated carbocycles. The van der Waals surface area contributed by atoms with Crippen molar-refractivity contribution in [2.45, 2.75) is 26.2 Å². The maximum Gasteiger partial charge on any atom is 0.412 e. The normalized spacial score (nSPS) is 13.0. The van der Waals surface area contributed by atoms with Gasteiger partial charge in [-0.2, -0.15) is 0 Å². The van der Waals surface area contributed by atoms with Gasteiger partial charge in [-0.15, -0.1) is 0 Å². The van der Waals surface area contributed by atoms with E-state index < -0.39 is 23.8 Å². The summed E-state index contributed by atoms with van der Waals surface area (Å²) < 4.78 is 14.3. The molecule has 0 fully saturated rings. The van der Waals surface area contributed by atoms with Crippen molar-refractivity contribution >= 4 is 39.3 Å². The second-order valence-corrected chi connectivity index (χ2v) is 9.99. The molecular weight excluding hydrogens is 542 g/mol. The number of ether oxygens (including phenoxy) is 2. The number of benzene rings is 3. The van der Waals surface area contributed by atoms with E-state index in [1.807, 2.05) is 56.3 Å². The van der Waals surface area contributed by atoms with Crippen LogP contribution < -0.4 is 10.1 Å². The van der Waals surface area contributed by atoms with Crippen molar-refractivity contribution in [1.29, 1.82) is 0 Å². The van der Waals surface area contributed by atoms with Crippen molar-refractivity contribution in [2.24, 2.45) is 5.41 Å². The second-order valence-electron chi connectivity index (χ2n) is 8.99. The first-order valence-corrected chi connectivity index (χ1v) is 12.9. The number of carbonyl (C=O) groups is 1. The van der Waals surface area contributed by atoms with Gasteiger partial charge >= 0.3 is 6.09 Å². The average molecular weight is 569 g/mol. The number of nitrogens with zero attached hydrogens (tertiary/aromatic N) is 2. The Morgan fingerprint density at radius 1 is 1.03 bits per heavy atom. The molecule has 0 radical (unpaired) electrons. The standard InChI is InChI=1S/C28H27BrClN3O3/c1-28(2,18-29)25(36-27(34)32-23-12-10-22(30)11-13-23)26(33-17-16-31-19-33)35-24-14-8-21(9-15-24)20-6-4-3-5-7-20/h3-17,19,25-26H,18H2,1-2H3,(H,32,34). The van der Waals surface area contributed by atoms with Gasteiger partial charge in [0, 0.05) is 33.8 Å². The maximum atomic E-state index is 12.9. The van der Waals surface area contributed by atoms with Crippen LogP contribution in [0.15, 0.2) is 97.6 Å². The summed E-state index contributed by atoms with van der Waals surface area (Å²) >= 11 is 9.54. The Labute approximate surface area is 224 Å². The number of hydrogen-bond acceptors (Lipinski definition) is 4. The molecule has 0 spiro atoms. The fraction of sp³-hybridized carbons (Fsp3) is 0.214. The number of halogens is 2. The molecule has 3 aromatic carbocycles. The zero-order chi connectivity index (χ0) is 25.5. The minimum absolute atomic E-state index is 0.490. The molecule has 6 nitrogen and oxygen atoms in total. The molecule has 0 saturated heterocycles. The summed E-state index contributed by atoms with van der Waals surface area (Å²) in [6.45, 7) is 4.02. The summed E-state index contributed by atoms with van der Waals surface area (Å²) in [6, 6.07) is 24.8. The third-order valence-corrected chi connectivity index (χ3v) is 7.43. The van der Waals surface area contributed by atoms with E-state index in [1.54, 1.807) is 47.6 Å². The number of aromatic nitrogens is 2. The Kier molecular flexibility index (Phi) is 8.33. The van der Waals surface area contributed by atoms with Crippen LogP contribution in [0.3, 0.4) is 0 Å². The van der Waals surface area contributed by atoms with E-state index >= 15 is 0 Å². The van der Waals surface area contributed by atoms with Crippen LogP contribution >= 0.6 is 27.5 Å². The van der Waals surface area contributed by atoms with Gasteiger partial charge in [-0.1, -0.05) is 83.8 Å². The lowest BCUT2D eigenvalue weighted by Gasteiger charge is -2.37. The molecule has 2 unspecified atom stereocenters. The number of alkyl halides is 1. The lowest BCUT2D eigenvalue weighted by molar-refractivity contribution is -0.0687. The van der Waals surface area contributed by atoms with Crippen LogP contribution in [0, 0.1) is 5.41 Å². The molecule has 2 atom stereocenters. The Morgan fingerprint density at radius 3 is 2.31 bits per heavy atom. The largest absolute Gasteiger partial charge is 0.466 e. The molecule has 8 heteroatoms. The molecule has 1 aromatic heterocycles. The summed E-state index contributed by atoms with van der Waals surface area (Å²) in [6.07, 6.45) is 3.18. The fourth-order valence-corrected chi connectivity index (χ4v) is 4.12. The van der Waals surface area contributed by atoms with Crippen LogP contribution in [0.25, 0.3) is 11.1 Å². The zero-order valence-electron chi connectivity index (χ0n) is 20.0. The highest BCUT2D eigenvalue weighted by Crippen LogP contribution is 2.36. The topological polar surface area (TPSA) is 65.4 Å². The molecule has 1 amide bonds. The lowest BCUT2D eigenvalue weighted by atomic mass is 9.87. The minimum atomic E-state index is -0.674. The van der Waals surface area contributed by atoms with Gasteiger partial charge in [0.2, 0.25) is 6.23 Å². The first-order chi connectivity index (χ1) is 17.4. The van der Waals surface area contributed by atoms with E-state index in [1.165, 1.54) is 0 Å². The van der Waals surface area contributed by atoms with Gasteiger partial charge < -0.3 is 9.47 Å². The van der Waals surface area contributed by atoms with Gasteiger partial charge in [-0.3, -0.25) is 9.88 Å². The van der Waals surface area contributed by atoms with Gasteiger partial charge in [-0.05, 0) is 47.5 Å². The lowest BCUT2D eigenvalue weighted by Crippen LogP contribution is -2.45. The number of anilines is 1. The predicted molar refractivity (Wildman–Crippen MR) is 147 cm³/mol. The fourth-order valence-electron chi connectivity index (χ4n) is 3.67. The van der Waals surface area contributed by atoms with Crippen LogP contribution in [-0.2, 0) is 4.74 Å². The van der Waals surface area contributed by atoms with E-state index in [2.05, 4.69) is 38.4 Å². The van der Waals surface area contributed by atoms with Crippen LogP contribution in [0.5, 0.6) is 5.75 Å². The number of carbonyl (C=O) groups excluding carboxylic acids is 1. The minimum Gasteiger partial charge on any atom is -0.466 e. The van der Waals surface area contributed by atoms with Crippen molar-refractivity contribution < 1.29 is 14.3 Å². The Morgan fingerprint density at radius 2 is 1.69 bits per heavy atom. The Bertz CT molecular complexity index is 1250. The van der Waals surface area contributed by atoms with Gasteiger partial charge in [0.15, 0.2) is 6.10 Å². The summed E-state index contributed by atoms with van der Waals surface area (Å²) in [5.41, 5.74) is 2.29. The first-order valence-electron chi connectivity index (χ1n) is 11.4. The highest BCUT2D eigenvalue weighted by atomic mass is 79.9. The molecule has 0 aliphatic carbocycles. The summed E-state index contributed by atoms with van der Waals surface area (Å²) in [7, 11) is 0. The highest BCUT2D eigenvalue weighted by Gasteiger charge is 2.41. The molecule has 0 aliphatic heterocycles. The summed E-state index contributed by atoms with van der Waals surface area (Å²) in [4.78, 5) is 17.1. The highest BCUT2D eigenvalue weighted by molar-refractivity contribution is 9.09. The van der Waals surface area contributed by atoms with Gasteiger partial charge in [0.05, 0.1) is 6.33 Å². The molecule has 1 heterocycles. The van der Waals surface area contributed by atoms with Crippen molar-refractivity contribution in [3.8, 4) is 16.9 Å². The Hall–Kier alpha value is -3.29. The van der Waals surface area contributed by atoms with E-state index in [0.29, 0.717) is 21.8 Å². The summed E-state index contributed by atoms with van der Waals surface area (Å²) in [5.74, 6) is 0.644. The third-order valence-electron chi connectivity index (χ3n) is 5.74. The van der Waals surface area contributed by atoms with Crippen LogP contribution in [-0.4, -0.2) is 27.1 Å². The maximum absolute atomic E-state index is 12.9. The number of imidazole rings is 1. The van der Waals surface area contributed by atoms with Crippen molar-refractivity contribution in [3.05, 3.63) is 103 Å². The SMILES string of the molecule is CC(C)(CBr)C(OC(=O)Nc1ccc(Cl)cc1)C(Oc1ccc(-c2ccccc2)cc1)n1ccnc1. The van der Waals surface area contributed by atoms with Crippen LogP contribution in [0.1, 0.15) is 20.1 Å². The number of hydrogen-bond donors (Lipinski definition) is 1. The monoisotopic (exact) mass is 567 g/mol. The second kappa shape index (κ2) is 11.6. The molecule has 0 bridgehead atoms. The van der Waals surface area contributed by atoms with E-state index in [0.717, 1.165) is 11.1 Å². The van der Waals surface area contributed by atoms with E-state index in [9.17, 15) is 4.79 Å². The molecule has 36 heavy (non-hydrogen) atoms. The number of rotatable bonds is 9. The van der Waals surface area contributed by atoms with Crippen molar-refractivity contribution in [3.63, 3.8) is 0 Å².